The second kappa shape index (κ2) is 5.99. The van der Waals surface area contributed by atoms with Crippen LogP contribution in [0, 0.1) is 12.3 Å². The van der Waals surface area contributed by atoms with E-state index in [0.717, 1.165) is 0 Å². The van der Waals surface area contributed by atoms with Crippen molar-refractivity contribution in [1.29, 1.82) is 5.41 Å². The van der Waals surface area contributed by atoms with Crippen LogP contribution in [0.25, 0.3) is 0 Å². The third-order valence-electron chi connectivity index (χ3n) is 4.39. The maximum Gasteiger partial charge on any atom is 0.0867 e. The van der Waals surface area contributed by atoms with E-state index in [2.05, 4.69) is 77.8 Å². The second-order valence-electron chi connectivity index (χ2n) is 8.48. The summed E-state index contributed by atoms with van der Waals surface area (Å²) in [7, 11) is 0. The van der Waals surface area contributed by atoms with Crippen molar-refractivity contribution in [2.45, 2.75) is 65.3 Å². The van der Waals surface area contributed by atoms with Gasteiger partial charge in [-0.3, -0.25) is 0 Å². The van der Waals surface area contributed by atoms with E-state index in [9.17, 15) is 0 Å². The quantitative estimate of drug-likeness (QED) is 0.718. The Hall–Kier alpha value is -1.83. The van der Waals surface area contributed by atoms with Crippen molar-refractivity contribution in [2.24, 2.45) is 0 Å². The molecule has 2 rings (SSSR count). The number of aryl methyl sites for hydroxylation is 1. The summed E-state index contributed by atoms with van der Waals surface area (Å²) in [6.45, 7) is 15.8. The molecule has 1 aliphatic rings. The Morgan fingerprint density at radius 3 is 2.17 bits per heavy atom. The Labute approximate surface area is 141 Å². The number of allylic oxidation sites excluding steroid dienone is 2. The monoisotopic (exact) mass is 310 g/mol. The zero-order chi connectivity index (χ0) is 17.4. The van der Waals surface area contributed by atoms with Crippen molar-refractivity contribution in [2.75, 3.05) is 4.90 Å². The maximum absolute atomic E-state index is 7.76. The SMILES string of the molecule is Cc1cc(C(C)(C)C)cc(C(C)(C)C)c1N1C=CC=CC1C=N. The van der Waals surface area contributed by atoms with Crippen molar-refractivity contribution in [1.82, 2.24) is 0 Å². The highest BCUT2D eigenvalue weighted by atomic mass is 15.2. The highest BCUT2D eigenvalue weighted by molar-refractivity contribution is 5.77. The van der Waals surface area contributed by atoms with Crippen LogP contribution in [0.15, 0.2) is 36.6 Å². The standard InChI is InChI=1S/C21H30N2/c1-15-12-16(20(2,3)4)13-18(21(5,6)7)19(15)23-11-9-8-10-17(23)14-22/h8-14,17,22H,1-7H3. The third-order valence-corrected chi connectivity index (χ3v) is 4.39. The molecule has 0 amide bonds. The Bertz CT molecular complexity index is 652. The largest absolute Gasteiger partial charge is 0.336 e. The summed E-state index contributed by atoms with van der Waals surface area (Å²) in [6, 6.07) is 4.65. The van der Waals surface area contributed by atoms with E-state index in [1.165, 1.54) is 28.6 Å². The zero-order valence-corrected chi connectivity index (χ0v) is 15.6. The van der Waals surface area contributed by atoms with Gasteiger partial charge in [0.25, 0.3) is 0 Å². The van der Waals surface area contributed by atoms with Gasteiger partial charge in [0.1, 0.15) is 0 Å². The average molecular weight is 310 g/mol. The van der Waals surface area contributed by atoms with Crippen LogP contribution in [-0.2, 0) is 10.8 Å². The summed E-state index contributed by atoms with van der Waals surface area (Å²) >= 11 is 0. The van der Waals surface area contributed by atoms with Crippen LogP contribution in [-0.4, -0.2) is 12.3 Å². The van der Waals surface area contributed by atoms with Gasteiger partial charge in [-0.25, -0.2) is 0 Å². The van der Waals surface area contributed by atoms with E-state index in [1.54, 1.807) is 0 Å². The first kappa shape index (κ1) is 17.5. The second-order valence-corrected chi connectivity index (χ2v) is 8.48. The molecule has 1 heterocycles. The number of nitrogens with zero attached hydrogens (tertiary/aromatic N) is 1. The fourth-order valence-electron chi connectivity index (χ4n) is 3.00. The molecule has 0 spiro atoms. The smallest absolute Gasteiger partial charge is 0.0867 e. The lowest BCUT2D eigenvalue weighted by Gasteiger charge is -2.36. The third kappa shape index (κ3) is 3.57. The number of anilines is 1. The van der Waals surface area contributed by atoms with Gasteiger partial charge in [-0.05, 0) is 40.5 Å². The predicted octanol–water partition coefficient (Wildman–Crippen LogP) is 5.50. The summed E-state index contributed by atoms with van der Waals surface area (Å²) in [5.74, 6) is 0. The van der Waals surface area contributed by atoms with Crippen LogP contribution >= 0.6 is 0 Å². The van der Waals surface area contributed by atoms with Crippen LogP contribution in [0.2, 0.25) is 0 Å². The van der Waals surface area contributed by atoms with Gasteiger partial charge in [-0.15, -0.1) is 0 Å². The average Bonchev–Trinajstić information content (AvgIpc) is 2.44. The fraction of sp³-hybridized carbons (Fsp3) is 0.476. The van der Waals surface area contributed by atoms with Gasteiger partial charge >= 0.3 is 0 Å². The van der Waals surface area contributed by atoms with Crippen molar-refractivity contribution >= 4 is 11.9 Å². The topological polar surface area (TPSA) is 27.1 Å². The molecule has 0 fully saturated rings. The van der Waals surface area contributed by atoms with Crippen LogP contribution < -0.4 is 4.90 Å². The Balaban J connectivity index is 2.70. The number of benzene rings is 1. The minimum absolute atomic E-state index is 0.0136. The van der Waals surface area contributed by atoms with E-state index in [-0.39, 0.29) is 16.9 Å². The summed E-state index contributed by atoms with van der Waals surface area (Å²) < 4.78 is 0. The lowest BCUT2D eigenvalue weighted by atomic mass is 9.78. The number of hydrogen-bond acceptors (Lipinski definition) is 2. The predicted molar refractivity (Wildman–Crippen MR) is 102 cm³/mol. The van der Waals surface area contributed by atoms with Crippen molar-refractivity contribution in [3.63, 3.8) is 0 Å². The van der Waals surface area contributed by atoms with Crippen molar-refractivity contribution < 1.29 is 0 Å². The molecule has 1 aromatic carbocycles. The van der Waals surface area contributed by atoms with E-state index in [1.807, 2.05) is 12.2 Å². The molecular formula is C21H30N2. The van der Waals surface area contributed by atoms with Crippen molar-refractivity contribution in [3.05, 3.63) is 53.3 Å². The van der Waals surface area contributed by atoms with E-state index >= 15 is 0 Å². The molecule has 2 nitrogen and oxygen atoms in total. The summed E-state index contributed by atoms with van der Waals surface area (Å²) in [5.41, 5.74) is 5.39. The molecule has 1 N–H and O–H groups in total. The molecule has 1 unspecified atom stereocenters. The summed E-state index contributed by atoms with van der Waals surface area (Å²) in [5, 5.41) is 7.76. The molecule has 0 bridgehead atoms. The fourth-order valence-corrected chi connectivity index (χ4v) is 3.00. The van der Waals surface area contributed by atoms with Gasteiger partial charge in [-0.1, -0.05) is 65.8 Å². The minimum atomic E-state index is -0.0136. The first-order chi connectivity index (χ1) is 10.6. The van der Waals surface area contributed by atoms with Gasteiger partial charge in [-0.2, -0.15) is 0 Å². The molecule has 0 aliphatic carbocycles. The van der Waals surface area contributed by atoms with Crippen LogP contribution in [0.3, 0.4) is 0 Å². The number of hydrogen-bond donors (Lipinski definition) is 1. The molecule has 2 heteroatoms. The normalized spacial score (nSPS) is 18.4. The summed E-state index contributed by atoms with van der Waals surface area (Å²) in [6.07, 6.45) is 9.72. The molecule has 1 aliphatic heterocycles. The van der Waals surface area contributed by atoms with Gasteiger partial charge in [0.05, 0.1) is 6.04 Å². The first-order valence-electron chi connectivity index (χ1n) is 8.35. The lowest BCUT2D eigenvalue weighted by Crippen LogP contribution is -2.34. The lowest BCUT2D eigenvalue weighted by molar-refractivity contribution is 0.567. The molecule has 1 atom stereocenters. The minimum Gasteiger partial charge on any atom is -0.336 e. The molecule has 0 saturated carbocycles. The molecule has 0 radical (unpaired) electrons. The van der Waals surface area contributed by atoms with Gasteiger partial charge < -0.3 is 10.3 Å². The molecule has 0 saturated heterocycles. The first-order valence-corrected chi connectivity index (χ1v) is 8.35. The molecule has 23 heavy (non-hydrogen) atoms. The van der Waals surface area contributed by atoms with E-state index < -0.39 is 0 Å². The van der Waals surface area contributed by atoms with Gasteiger partial charge in [0.15, 0.2) is 0 Å². The highest BCUT2D eigenvalue weighted by Crippen LogP contribution is 2.39. The Morgan fingerprint density at radius 2 is 1.65 bits per heavy atom. The Morgan fingerprint density at radius 1 is 1.00 bits per heavy atom. The Kier molecular flexibility index (Phi) is 4.57. The highest BCUT2D eigenvalue weighted by Gasteiger charge is 2.28. The van der Waals surface area contributed by atoms with E-state index in [4.69, 9.17) is 5.41 Å². The molecule has 124 valence electrons. The number of rotatable bonds is 2. The number of nitrogens with one attached hydrogen (secondary N) is 1. The van der Waals surface area contributed by atoms with Crippen LogP contribution in [0.5, 0.6) is 0 Å². The van der Waals surface area contributed by atoms with Gasteiger partial charge in [0.2, 0.25) is 0 Å². The van der Waals surface area contributed by atoms with Crippen LogP contribution in [0.4, 0.5) is 5.69 Å². The van der Waals surface area contributed by atoms with Crippen LogP contribution in [0.1, 0.15) is 58.2 Å². The zero-order valence-electron chi connectivity index (χ0n) is 15.6. The maximum atomic E-state index is 7.76. The summed E-state index contributed by atoms with van der Waals surface area (Å²) in [4.78, 5) is 2.22. The van der Waals surface area contributed by atoms with E-state index in [0.29, 0.717) is 0 Å². The van der Waals surface area contributed by atoms with Crippen molar-refractivity contribution in [3.8, 4) is 0 Å². The molecule has 1 aromatic rings. The molecular weight excluding hydrogens is 280 g/mol. The van der Waals surface area contributed by atoms with Gasteiger partial charge in [0, 0.05) is 18.1 Å². The molecule has 0 aromatic heterocycles.